The number of carboxylic acids is 1. The second-order valence-corrected chi connectivity index (χ2v) is 5.53. The summed E-state index contributed by atoms with van der Waals surface area (Å²) in [7, 11) is 0. The molecule has 4 heteroatoms. The fourth-order valence-electron chi connectivity index (χ4n) is 2.74. The van der Waals surface area contributed by atoms with Crippen molar-refractivity contribution < 1.29 is 9.90 Å². The molecular formula is C12H22N2O2. The molecule has 1 aliphatic heterocycles. The summed E-state index contributed by atoms with van der Waals surface area (Å²) in [6.07, 6.45) is 3.12. The predicted octanol–water partition coefficient (Wildman–Crippen LogP) is 0.925. The van der Waals surface area contributed by atoms with E-state index >= 15 is 0 Å². The van der Waals surface area contributed by atoms with Gasteiger partial charge in [0.15, 0.2) is 0 Å². The number of hydrogen-bond donors (Lipinski definition) is 2. The number of nitrogens with zero attached hydrogens (tertiary/aromatic N) is 1. The Bertz CT molecular complexity index is 281. The number of rotatable bonds is 3. The van der Waals surface area contributed by atoms with E-state index in [1.54, 1.807) is 0 Å². The second-order valence-electron chi connectivity index (χ2n) is 5.53. The van der Waals surface area contributed by atoms with E-state index in [0.29, 0.717) is 0 Å². The van der Waals surface area contributed by atoms with Gasteiger partial charge >= 0.3 is 5.97 Å². The van der Waals surface area contributed by atoms with Gasteiger partial charge in [-0.3, -0.25) is 9.69 Å². The zero-order valence-corrected chi connectivity index (χ0v) is 10.3. The molecule has 0 aromatic rings. The number of carboxylic acid groups (broad SMARTS) is 1. The predicted molar refractivity (Wildman–Crippen MR) is 62.4 cm³/mol. The maximum Gasteiger partial charge on any atom is 0.324 e. The summed E-state index contributed by atoms with van der Waals surface area (Å²) >= 11 is 0. The standard InChI is InChI=1S/C12H22N2O2/c1-11(4-5-11)12(2,10(15)16)14-8-3-6-13-7-9-14/h13H,3-9H2,1-2H3,(H,15,16). The van der Waals surface area contributed by atoms with E-state index < -0.39 is 11.5 Å². The quantitative estimate of drug-likeness (QED) is 0.751. The summed E-state index contributed by atoms with van der Waals surface area (Å²) in [5.41, 5.74) is -0.706. The number of nitrogens with one attached hydrogen (secondary N) is 1. The van der Waals surface area contributed by atoms with Crippen molar-refractivity contribution >= 4 is 5.97 Å². The van der Waals surface area contributed by atoms with Crippen LogP contribution in [0.4, 0.5) is 0 Å². The Balaban J connectivity index is 2.21. The molecule has 0 aromatic carbocycles. The second kappa shape index (κ2) is 4.00. The third kappa shape index (κ3) is 1.74. The molecule has 1 heterocycles. The van der Waals surface area contributed by atoms with Crippen molar-refractivity contribution in [2.45, 2.75) is 38.6 Å². The fourth-order valence-corrected chi connectivity index (χ4v) is 2.74. The third-order valence-corrected chi connectivity index (χ3v) is 4.56. The summed E-state index contributed by atoms with van der Waals surface area (Å²) in [5, 5.41) is 12.9. The number of aliphatic carboxylic acids is 1. The van der Waals surface area contributed by atoms with E-state index in [1.165, 1.54) is 0 Å². The van der Waals surface area contributed by atoms with Crippen LogP contribution in [0.15, 0.2) is 0 Å². The Labute approximate surface area is 97.0 Å². The highest BCUT2D eigenvalue weighted by atomic mass is 16.4. The van der Waals surface area contributed by atoms with Crippen LogP contribution in [0.2, 0.25) is 0 Å². The monoisotopic (exact) mass is 226 g/mol. The van der Waals surface area contributed by atoms with Crippen LogP contribution in [0.25, 0.3) is 0 Å². The zero-order chi connectivity index (χ0) is 11.8. The largest absolute Gasteiger partial charge is 0.480 e. The first kappa shape index (κ1) is 11.9. The van der Waals surface area contributed by atoms with Crippen LogP contribution < -0.4 is 5.32 Å². The molecule has 0 aromatic heterocycles. The highest BCUT2D eigenvalue weighted by molar-refractivity contribution is 5.80. The molecule has 2 fully saturated rings. The van der Waals surface area contributed by atoms with Crippen LogP contribution >= 0.6 is 0 Å². The van der Waals surface area contributed by atoms with Crippen molar-refractivity contribution in [3.63, 3.8) is 0 Å². The summed E-state index contributed by atoms with van der Waals surface area (Å²) in [6.45, 7) is 7.67. The minimum absolute atomic E-state index is 0.0246. The molecule has 16 heavy (non-hydrogen) atoms. The summed E-state index contributed by atoms with van der Waals surface area (Å²) in [6, 6.07) is 0. The lowest BCUT2D eigenvalue weighted by Gasteiger charge is -2.42. The van der Waals surface area contributed by atoms with Crippen molar-refractivity contribution in [3.05, 3.63) is 0 Å². The molecule has 4 nitrogen and oxygen atoms in total. The van der Waals surface area contributed by atoms with Crippen molar-refractivity contribution in [2.75, 3.05) is 26.2 Å². The van der Waals surface area contributed by atoms with Gasteiger partial charge in [-0.1, -0.05) is 6.92 Å². The molecule has 2 aliphatic rings. The van der Waals surface area contributed by atoms with Crippen molar-refractivity contribution in [1.29, 1.82) is 0 Å². The van der Waals surface area contributed by atoms with Gasteiger partial charge in [-0.15, -0.1) is 0 Å². The molecule has 1 saturated carbocycles. The molecule has 1 aliphatic carbocycles. The van der Waals surface area contributed by atoms with Gasteiger partial charge in [0.1, 0.15) is 5.54 Å². The third-order valence-electron chi connectivity index (χ3n) is 4.56. The van der Waals surface area contributed by atoms with Gasteiger partial charge in [-0.2, -0.15) is 0 Å². The SMILES string of the molecule is CC1(C(C)(C(=O)O)N2CCCNCC2)CC1. The zero-order valence-electron chi connectivity index (χ0n) is 10.3. The normalized spacial score (nSPS) is 29.1. The molecule has 2 rings (SSSR count). The Morgan fingerprint density at radius 2 is 2.06 bits per heavy atom. The molecule has 92 valence electrons. The smallest absolute Gasteiger partial charge is 0.324 e. The Morgan fingerprint density at radius 1 is 1.38 bits per heavy atom. The molecule has 1 atom stereocenters. The van der Waals surface area contributed by atoms with Gasteiger partial charge in [0, 0.05) is 19.6 Å². The van der Waals surface area contributed by atoms with Crippen LogP contribution in [0.5, 0.6) is 0 Å². The summed E-state index contributed by atoms with van der Waals surface area (Å²) < 4.78 is 0. The molecule has 0 amide bonds. The van der Waals surface area contributed by atoms with Gasteiger partial charge in [-0.05, 0) is 38.1 Å². The van der Waals surface area contributed by atoms with Crippen LogP contribution in [0.3, 0.4) is 0 Å². The molecule has 0 bridgehead atoms. The maximum absolute atomic E-state index is 11.7. The molecule has 2 N–H and O–H groups in total. The molecule has 0 spiro atoms. The maximum atomic E-state index is 11.7. The Kier molecular flexibility index (Phi) is 2.97. The van der Waals surface area contributed by atoms with Gasteiger partial charge < -0.3 is 10.4 Å². The lowest BCUT2D eigenvalue weighted by molar-refractivity contribution is -0.155. The minimum Gasteiger partial charge on any atom is -0.480 e. The first-order valence-corrected chi connectivity index (χ1v) is 6.20. The van der Waals surface area contributed by atoms with Gasteiger partial charge in [-0.25, -0.2) is 0 Å². The average molecular weight is 226 g/mol. The average Bonchev–Trinajstić information content (AvgIpc) is 3.01. The van der Waals surface area contributed by atoms with Gasteiger partial charge in [0.2, 0.25) is 0 Å². The van der Waals surface area contributed by atoms with Crippen molar-refractivity contribution in [3.8, 4) is 0 Å². The van der Waals surface area contributed by atoms with Crippen LogP contribution in [0, 0.1) is 5.41 Å². The van der Waals surface area contributed by atoms with E-state index in [9.17, 15) is 9.90 Å². The molecule has 1 unspecified atom stereocenters. The van der Waals surface area contributed by atoms with Gasteiger partial charge in [0.05, 0.1) is 0 Å². The molecule has 1 saturated heterocycles. The van der Waals surface area contributed by atoms with Crippen molar-refractivity contribution in [1.82, 2.24) is 10.2 Å². The highest BCUT2D eigenvalue weighted by Gasteiger charge is 2.60. The fraction of sp³-hybridized carbons (Fsp3) is 0.917. The van der Waals surface area contributed by atoms with Crippen LogP contribution in [-0.4, -0.2) is 47.7 Å². The Morgan fingerprint density at radius 3 is 2.62 bits per heavy atom. The summed E-state index contributed by atoms with van der Waals surface area (Å²) in [5.74, 6) is -0.658. The van der Waals surface area contributed by atoms with Gasteiger partial charge in [0.25, 0.3) is 0 Å². The van der Waals surface area contributed by atoms with E-state index in [4.69, 9.17) is 0 Å². The van der Waals surface area contributed by atoms with E-state index in [2.05, 4.69) is 17.1 Å². The van der Waals surface area contributed by atoms with Crippen molar-refractivity contribution in [2.24, 2.45) is 5.41 Å². The van der Waals surface area contributed by atoms with Crippen LogP contribution in [-0.2, 0) is 4.79 Å². The first-order chi connectivity index (χ1) is 7.51. The first-order valence-electron chi connectivity index (χ1n) is 6.20. The topological polar surface area (TPSA) is 52.6 Å². The highest BCUT2D eigenvalue weighted by Crippen LogP contribution is 2.56. The van der Waals surface area contributed by atoms with Crippen LogP contribution in [0.1, 0.15) is 33.1 Å². The molecular weight excluding hydrogens is 204 g/mol. The molecule has 0 radical (unpaired) electrons. The lowest BCUT2D eigenvalue weighted by atomic mass is 9.82. The lowest BCUT2D eigenvalue weighted by Crippen LogP contribution is -2.58. The van der Waals surface area contributed by atoms with E-state index in [1.807, 2.05) is 6.92 Å². The Hall–Kier alpha value is -0.610. The number of hydrogen-bond acceptors (Lipinski definition) is 3. The minimum atomic E-state index is -0.682. The van der Waals surface area contributed by atoms with E-state index in [0.717, 1.165) is 45.4 Å². The number of carbonyl (C=O) groups is 1. The summed E-state index contributed by atoms with van der Waals surface area (Å²) in [4.78, 5) is 13.8. The van der Waals surface area contributed by atoms with E-state index in [-0.39, 0.29) is 5.41 Å².